The Kier molecular flexibility index (Phi) is 6.46. The number of nitrogens with zero attached hydrogens (tertiary/aromatic N) is 2. The third-order valence-corrected chi connectivity index (χ3v) is 11.8. The number of thiophene rings is 1. The van der Waals surface area contributed by atoms with Crippen molar-refractivity contribution in [3.05, 3.63) is 182 Å². The molecule has 0 aliphatic rings. The monoisotopic (exact) mass is 678 g/mol. The van der Waals surface area contributed by atoms with E-state index in [1.807, 2.05) is 11.3 Å². The van der Waals surface area contributed by atoms with Crippen LogP contribution in [0, 0.1) is 0 Å². The van der Waals surface area contributed by atoms with Crippen molar-refractivity contribution in [2.45, 2.75) is 0 Å². The Labute approximate surface area is 304 Å². The lowest BCUT2D eigenvalue weighted by molar-refractivity contribution is 1.18. The molecule has 3 heteroatoms. The summed E-state index contributed by atoms with van der Waals surface area (Å²) in [4.78, 5) is 5.30. The largest absolute Gasteiger partial charge is 0.309 e. The van der Waals surface area contributed by atoms with Gasteiger partial charge in [-0.3, -0.25) is 0 Å². The van der Waals surface area contributed by atoms with Crippen molar-refractivity contribution in [3.63, 3.8) is 0 Å². The molecule has 0 bridgehead atoms. The molecule has 0 unspecified atom stereocenters. The molecule has 0 atom stereocenters. The maximum atomic E-state index is 5.30. The molecule has 2 nitrogen and oxygen atoms in total. The van der Waals surface area contributed by atoms with Crippen LogP contribution in [-0.2, 0) is 0 Å². The molecule has 11 rings (SSSR count). The Balaban J connectivity index is 1.11. The number of benzene rings is 8. The van der Waals surface area contributed by atoms with Crippen LogP contribution in [0.25, 0.3) is 103 Å². The molecule has 3 aromatic heterocycles. The van der Waals surface area contributed by atoms with Gasteiger partial charge in [0.1, 0.15) is 0 Å². The number of fused-ring (bicyclic) bond motifs is 10. The van der Waals surface area contributed by atoms with Gasteiger partial charge in [0.05, 0.1) is 22.4 Å². The average Bonchev–Trinajstić information content (AvgIpc) is 3.78. The van der Waals surface area contributed by atoms with Crippen molar-refractivity contribution in [1.29, 1.82) is 0 Å². The number of rotatable bonds is 4. The van der Waals surface area contributed by atoms with Gasteiger partial charge in [0.25, 0.3) is 0 Å². The molecule has 0 aliphatic carbocycles. The summed E-state index contributed by atoms with van der Waals surface area (Å²) in [6.07, 6.45) is 0. The molecule has 242 valence electrons. The maximum Gasteiger partial charge on any atom is 0.0730 e. The van der Waals surface area contributed by atoms with E-state index in [-0.39, 0.29) is 0 Å². The van der Waals surface area contributed by atoms with Crippen LogP contribution >= 0.6 is 11.3 Å². The summed E-state index contributed by atoms with van der Waals surface area (Å²) < 4.78 is 5.00. The van der Waals surface area contributed by atoms with Crippen LogP contribution in [0.3, 0.4) is 0 Å². The fraction of sp³-hybridized carbons (Fsp3) is 0. The zero-order valence-corrected chi connectivity index (χ0v) is 28.9. The normalized spacial score (nSPS) is 11.8. The highest BCUT2D eigenvalue weighted by molar-refractivity contribution is 7.26. The predicted octanol–water partition coefficient (Wildman–Crippen LogP) is 13.9. The lowest BCUT2D eigenvalue weighted by Gasteiger charge is -2.13. The van der Waals surface area contributed by atoms with E-state index in [9.17, 15) is 0 Å². The lowest BCUT2D eigenvalue weighted by atomic mass is 9.99. The maximum absolute atomic E-state index is 5.30. The molecule has 0 fully saturated rings. The Hall–Kier alpha value is -6.55. The third-order valence-electron chi connectivity index (χ3n) is 10.6. The van der Waals surface area contributed by atoms with E-state index in [1.165, 1.54) is 69.1 Å². The van der Waals surface area contributed by atoms with Crippen LogP contribution in [0.2, 0.25) is 0 Å². The zero-order chi connectivity index (χ0) is 34.2. The van der Waals surface area contributed by atoms with Crippen molar-refractivity contribution in [1.82, 2.24) is 9.55 Å². The number of hydrogen-bond donors (Lipinski definition) is 0. The Morgan fingerprint density at radius 1 is 0.404 bits per heavy atom. The van der Waals surface area contributed by atoms with Crippen LogP contribution in [-0.4, -0.2) is 9.55 Å². The SMILES string of the molecule is c1ccc(-c2cc(-c3ccc(-n4c5ccc6ccccc6c5c5c6ccccc6ccc54)cc3)cc(-c3cccc4c3sc3ccccc34)n2)cc1. The highest BCUT2D eigenvalue weighted by Gasteiger charge is 2.18. The van der Waals surface area contributed by atoms with Crippen LogP contribution in [0.1, 0.15) is 0 Å². The first-order valence-electron chi connectivity index (χ1n) is 17.7. The Morgan fingerprint density at radius 3 is 1.71 bits per heavy atom. The lowest BCUT2D eigenvalue weighted by Crippen LogP contribution is -1.95. The van der Waals surface area contributed by atoms with Crippen molar-refractivity contribution < 1.29 is 0 Å². The molecule has 11 aromatic rings. The topological polar surface area (TPSA) is 17.8 Å². The molecule has 8 aromatic carbocycles. The summed E-state index contributed by atoms with van der Waals surface area (Å²) in [5.74, 6) is 0. The van der Waals surface area contributed by atoms with E-state index in [0.29, 0.717) is 0 Å². The number of aromatic nitrogens is 2. The van der Waals surface area contributed by atoms with E-state index in [2.05, 4.69) is 187 Å². The second-order valence-electron chi connectivity index (χ2n) is 13.5. The van der Waals surface area contributed by atoms with Gasteiger partial charge in [0.15, 0.2) is 0 Å². The van der Waals surface area contributed by atoms with Gasteiger partial charge in [-0.15, -0.1) is 11.3 Å². The van der Waals surface area contributed by atoms with Crippen LogP contribution in [0.4, 0.5) is 0 Å². The van der Waals surface area contributed by atoms with Gasteiger partial charge in [-0.1, -0.05) is 140 Å². The Bertz CT molecular complexity index is 3080. The minimum Gasteiger partial charge on any atom is -0.309 e. The molecular formula is C49H30N2S. The highest BCUT2D eigenvalue weighted by Crippen LogP contribution is 2.43. The van der Waals surface area contributed by atoms with Gasteiger partial charge in [-0.25, -0.2) is 4.98 Å². The summed E-state index contributed by atoms with van der Waals surface area (Å²) in [7, 11) is 0. The first-order chi connectivity index (χ1) is 25.8. The van der Waals surface area contributed by atoms with Crippen LogP contribution in [0.5, 0.6) is 0 Å². The van der Waals surface area contributed by atoms with E-state index >= 15 is 0 Å². The average molecular weight is 679 g/mol. The first-order valence-corrected chi connectivity index (χ1v) is 18.5. The van der Waals surface area contributed by atoms with Gasteiger partial charge < -0.3 is 4.57 Å². The predicted molar refractivity (Wildman–Crippen MR) is 223 cm³/mol. The highest BCUT2D eigenvalue weighted by atomic mass is 32.1. The van der Waals surface area contributed by atoms with Crippen molar-refractivity contribution >= 4 is 74.9 Å². The van der Waals surface area contributed by atoms with Crippen molar-refractivity contribution in [2.75, 3.05) is 0 Å². The summed E-state index contributed by atoms with van der Waals surface area (Å²) in [6, 6.07) is 66.0. The van der Waals surface area contributed by atoms with Crippen molar-refractivity contribution in [2.24, 2.45) is 0 Å². The Morgan fingerprint density at radius 2 is 1.00 bits per heavy atom. The molecule has 0 amide bonds. The van der Waals surface area contributed by atoms with E-state index < -0.39 is 0 Å². The summed E-state index contributed by atoms with van der Waals surface area (Å²) >= 11 is 1.85. The quantitative estimate of drug-likeness (QED) is 0.181. The van der Waals surface area contributed by atoms with E-state index in [0.717, 1.165) is 33.8 Å². The van der Waals surface area contributed by atoms with Gasteiger partial charge in [-0.2, -0.15) is 0 Å². The molecule has 0 spiro atoms. The second-order valence-corrected chi connectivity index (χ2v) is 14.6. The molecule has 0 aliphatic heterocycles. The van der Waals surface area contributed by atoms with Gasteiger partial charge in [0.2, 0.25) is 0 Å². The molecular weight excluding hydrogens is 649 g/mol. The van der Waals surface area contributed by atoms with E-state index in [4.69, 9.17) is 4.98 Å². The summed E-state index contributed by atoms with van der Waals surface area (Å²) in [5, 5.41) is 10.3. The van der Waals surface area contributed by atoms with Gasteiger partial charge >= 0.3 is 0 Å². The minimum atomic E-state index is 0.969. The molecule has 52 heavy (non-hydrogen) atoms. The molecule has 0 radical (unpaired) electrons. The van der Waals surface area contributed by atoms with Crippen LogP contribution in [0.15, 0.2) is 182 Å². The minimum absolute atomic E-state index is 0.969. The van der Waals surface area contributed by atoms with Crippen LogP contribution < -0.4 is 0 Å². The zero-order valence-electron chi connectivity index (χ0n) is 28.1. The molecule has 0 saturated heterocycles. The molecule has 3 heterocycles. The number of hydrogen-bond acceptors (Lipinski definition) is 2. The summed E-state index contributed by atoms with van der Waals surface area (Å²) in [5.41, 5.74) is 10.1. The summed E-state index contributed by atoms with van der Waals surface area (Å²) in [6.45, 7) is 0. The smallest absolute Gasteiger partial charge is 0.0730 e. The van der Waals surface area contributed by atoms with Gasteiger partial charge in [-0.05, 0) is 75.1 Å². The second kappa shape index (κ2) is 11.5. The first kappa shape index (κ1) is 29.2. The molecule has 0 N–H and O–H groups in total. The molecule has 0 saturated carbocycles. The standard InChI is InChI=1S/C49H30N2S/c1-2-13-34(14-3-1)42-29-35(30-43(50-42)41-19-10-18-40-39-17-8-9-20-46(39)52-49(40)41)31-21-25-36(26-22-31)51-44-27-23-32-11-4-6-15-37(32)47(44)48-38-16-7-5-12-33(38)24-28-45(48)51/h1-30H. The van der Waals surface area contributed by atoms with Gasteiger partial charge in [0, 0.05) is 47.8 Å². The van der Waals surface area contributed by atoms with Crippen molar-refractivity contribution in [3.8, 4) is 39.3 Å². The van der Waals surface area contributed by atoms with E-state index in [1.54, 1.807) is 0 Å². The third kappa shape index (κ3) is 4.46. The fourth-order valence-electron chi connectivity index (χ4n) is 8.17. The fourth-order valence-corrected chi connectivity index (χ4v) is 9.40. The number of pyridine rings is 1.